The summed E-state index contributed by atoms with van der Waals surface area (Å²) in [5.74, 6) is 0.550. The topological polar surface area (TPSA) is 97.8 Å². The number of hydrogen-bond donors (Lipinski definition) is 2. The summed E-state index contributed by atoms with van der Waals surface area (Å²) in [6.45, 7) is 0. The molecule has 54 heavy (non-hydrogen) atoms. The molecular formula is C45H29N7O2. The van der Waals surface area contributed by atoms with Crippen molar-refractivity contribution in [2.24, 2.45) is 0 Å². The maximum atomic E-state index is 14.0. The SMILES string of the molecule is O=c1[nH]c2ccccc2n(-c2ccc3c(c2)c2cc(-n4c5ccccc5n5c(=O)c6ccccc6nc45)ccc2n3-c2ccccc2)[nH]c2ccccc12. The number of benzene rings is 7. The molecule has 4 aromatic heterocycles. The number of imidazole rings is 1. The van der Waals surface area contributed by atoms with Crippen LogP contribution in [0.1, 0.15) is 0 Å². The van der Waals surface area contributed by atoms with Crippen molar-refractivity contribution < 1.29 is 0 Å². The van der Waals surface area contributed by atoms with E-state index in [-0.39, 0.29) is 11.1 Å². The molecule has 0 saturated heterocycles. The summed E-state index contributed by atoms with van der Waals surface area (Å²) in [4.78, 5) is 35.5. The van der Waals surface area contributed by atoms with Crippen molar-refractivity contribution in [2.75, 3.05) is 0 Å². The van der Waals surface area contributed by atoms with Gasteiger partial charge in [-0.15, -0.1) is 0 Å². The third-order valence-corrected chi connectivity index (χ3v) is 10.4. The zero-order valence-electron chi connectivity index (χ0n) is 28.6. The molecule has 9 nitrogen and oxygen atoms in total. The number of H-pyrrole nitrogens is 2. The van der Waals surface area contributed by atoms with Gasteiger partial charge in [0.1, 0.15) is 0 Å². The Labute approximate surface area is 305 Å². The largest absolute Gasteiger partial charge is 0.320 e. The number of nitrogens with one attached hydrogen (secondary N) is 2. The minimum atomic E-state index is -0.172. The zero-order chi connectivity index (χ0) is 35.9. The lowest BCUT2D eigenvalue weighted by Gasteiger charge is -2.12. The molecule has 0 fully saturated rings. The summed E-state index contributed by atoms with van der Waals surface area (Å²) in [7, 11) is 0. The fourth-order valence-electron chi connectivity index (χ4n) is 7.95. The van der Waals surface area contributed by atoms with E-state index in [2.05, 4.69) is 67.7 Å². The molecule has 0 radical (unpaired) electrons. The minimum Gasteiger partial charge on any atom is -0.320 e. The third-order valence-electron chi connectivity index (χ3n) is 10.4. The quantitative estimate of drug-likeness (QED) is 0.193. The van der Waals surface area contributed by atoms with Crippen LogP contribution < -0.4 is 11.1 Å². The smallest absolute Gasteiger partial charge is 0.267 e. The molecule has 0 unspecified atom stereocenters. The molecule has 4 heterocycles. The molecule has 11 rings (SSSR count). The van der Waals surface area contributed by atoms with Crippen molar-refractivity contribution in [1.29, 1.82) is 0 Å². The van der Waals surface area contributed by atoms with Crippen LogP contribution in [0.2, 0.25) is 0 Å². The van der Waals surface area contributed by atoms with Gasteiger partial charge in [-0.05, 0) is 97.1 Å². The van der Waals surface area contributed by atoms with Gasteiger partial charge in [-0.25, -0.2) is 9.38 Å². The first kappa shape index (κ1) is 30.0. The summed E-state index contributed by atoms with van der Waals surface area (Å²) in [6, 6.07) is 54.0. The monoisotopic (exact) mass is 699 g/mol. The Morgan fingerprint density at radius 2 is 1.06 bits per heavy atom. The first-order valence-electron chi connectivity index (χ1n) is 17.7. The van der Waals surface area contributed by atoms with Crippen molar-refractivity contribution >= 4 is 71.5 Å². The van der Waals surface area contributed by atoms with Crippen molar-refractivity contribution in [1.82, 2.24) is 33.3 Å². The molecular weight excluding hydrogens is 671 g/mol. The first-order chi connectivity index (χ1) is 26.6. The molecule has 0 aliphatic heterocycles. The average molecular weight is 700 g/mol. The highest BCUT2D eigenvalue weighted by molar-refractivity contribution is 6.11. The Morgan fingerprint density at radius 1 is 0.444 bits per heavy atom. The highest BCUT2D eigenvalue weighted by atomic mass is 16.1. The molecule has 0 atom stereocenters. The molecule has 0 spiro atoms. The second kappa shape index (κ2) is 11.4. The number of fused-ring (bicyclic) bond motifs is 9. The lowest BCUT2D eigenvalue weighted by molar-refractivity contribution is 0.912. The summed E-state index contributed by atoms with van der Waals surface area (Å²) in [6.07, 6.45) is 0. The van der Waals surface area contributed by atoms with Crippen LogP contribution in [0.15, 0.2) is 173 Å². The predicted molar refractivity (Wildman–Crippen MR) is 217 cm³/mol. The van der Waals surface area contributed by atoms with Gasteiger partial charge in [-0.2, -0.15) is 0 Å². The number of aromatic nitrogens is 7. The standard InChI is InChI=1S/C45H29N7O2/c53-43-31-14-4-7-17-36(31)48-52(40-19-9-8-18-37(40)46-43)30-23-25-39-34(27-30)33-26-29(22-24-38(33)49(39)28-12-2-1-3-13-28)50-41-20-10-11-21-42(41)51-44(54)32-15-5-6-16-35(32)47-45(50)51/h1-27,48H,(H,46,53). The van der Waals surface area contributed by atoms with E-state index in [1.54, 1.807) is 4.40 Å². The minimum absolute atomic E-state index is 0.101. The van der Waals surface area contributed by atoms with Crippen LogP contribution in [0.4, 0.5) is 0 Å². The molecule has 0 amide bonds. The second-order valence-corrected chi connectivity index (χ2v) is 13.4. The molecule has 9 heteroatoms. The normalized spacial score (nSPS) is 11.9. The maximum absolute atomic E-state index is 14.0. The lowest BCUT2D eigenvalue weighted by atomic mass is 10.1. The molecule has 7 aromatic carbocycles. The lowest BCUT2D eigenvalue weighted by Crippen LogP contribution is -2.15. The van der Waals surface area contributed by atoms with Crippen molar-refractivity contribution in [3.63, 3.8) is 0 Å². The molecule has 0 bridgehead atoms. The van der Waals surface area contributed by atoms with Gasteiger partial charge < -0.3 is 9.55 Å². The maximum Gasteiger partial charge on any atom is 0.267 e. The van der Waals surface area contributed by atoms with E-state index in [9.17, 15) is 9.59 Å². The van der Waals surface area contributed by atoms with Crippen LogP contribution in [0, 0.1) is 0 Å². The van der Waals surface area contributed by atoms with E-state index in [4.69, 9.17) is 4.98 Å². The van der Waals surface area contributed by atoms with Gasteiger partial charge in [-0.1, -0.05) is 66.7 Å². The van der Waals surface area contributed by atoms with Crippen LogP contribution in [0.5, 0.6) is 0 Å². The molecule has 256 valence electrons. The number of rotatable bonds is 3. The van der Waals surface area contributed by atoms with Gasteiger partial charge in [0.15, 0.2) is 0 Å². The van der Waals surface area contributed by atoms with Crippen LogP contribution in [-0.4, -0.2) is 33.3 Å². The zero-order valence-corrected chi connectivity index (χ0v) is 28.6. The van der Waals surface area contributed by atoms with Crippen LogP contribution in [-0.2, 0) is 0 Å². The van der Waals surface area contributed by atoms with Crippen molar-refractivity contribution in [3.05, 3.63) is 184 Å². The Morgan fingerprint density at radius 3 is 1.85 bits per heavy atom. The van der Waals surface area contributed by atoms with Gasteiger partial charge in [0.05, 0.1) is 60.6 Å². The Balaban J connectivity index is 1.25. The third kappa shape index (κ3) is 4.35. The number of hydrogen-bond acceptors (Lipinski definition) is 3. The van der Waals surface area contributed by atoms with Gasteiger partial charge in [0.25, 0.3) is 11.1 Å². The Hall–Kier alpha value is -7.65. The fourth-order valence-corrected chi connectivity index (χ4v) is 7.95. The summed E-state index contributed by atoms with van der Waals surface area (Å²) in [5, 5.41) is 6.76. The highest BCUT2D eigenvalue weighted by Gasteiger charge is 2.20. The predicted octanol–water partition coefficient (Wildman–Crippen LogP) is 9.13. The van der Waals surface area contributed by atoms with E-state index >= 15 is 0 Å². The van der Waals surface area contributed by atoms with E-state index < -0.39 is 0 Å². The molecule has 0 aliphatic carbocycles. The number of nitrogens with zero attached hydrogens (tertiary/aromatic N) is 5. The average Bonchev–Trinajstić information content (AvgIpc) is 3.72. The van der Waals surface area contributed by atoms with Crippen LogP contribution >= 0.6 is 0 Å². The van der Waals surface area contributed by atoms with Gasteiger partial charge in [0.2, 0.25) is 5.78 Å². The molecule has 2 N–H and O–H groups in total. The Bertz CT molecular complexity index is 3500. The van der Waals surface area contributed by atoms with Crippen molar-refractivity contribution in [2.45, 2.75) is 0 Å². The van der Waals surface area contributed by atoms with E-state index in [1.165, 1.54) is 0 Å². The van der Waals surface area contributed by atoms with Gasteiger partial charge in [-0.3, -0.25) is 23.9 Å². The van der Waals surface area contributed by atoms with E-state index in [0.29, 0.717) is 33.1 Å². The number of para-hydroxylation sites is 7. The summed E-state index contributed by atoms with van der Waals surface area (Å²) in [5.41, 5.74) is 9.12. The Kier molecular flexibility index (Phi) is 6.35. The fraction of sp³-hybridized carbons (Fsp3) is 0. The van der Waals surface area contributed by atoms with Crippen molar-refractivity contribution in [3.8, 4) is 17.1 Å². The second-order valence-electron chi connectivity index (χ2n) is 13.4. The molecule has 0 saturated carbocycles. The van der Waals surface area contributed by atoms with Gasteiger partial charge in [0, 0.05) is 22.1 Å². The van der Waals surface area contributed by atoms with E-state index in [1.807, 2.05) is 120 Å². The van der Waals surface area contributed by atoms with Crippen LogP contribution in [0.25, 0.3) is 88.5 Å². The van der Waals surface area contributed by atoms with Gasteiger partial charge >= 0.3 is 0 Å². The van der Waals surface area contributed by atoms with E-state index in [0.717, 1.165) is 55.4 Å². The summed E-state index contributed by atoms with van der Waals surface area (Å²) < 4.78 is 8.10. The first-order valence-corrected chi connectivity index (χ1v) is 17.7. The summed E-state index contributed by atoms with van der Waals surface area (Å²) >= 11 is 0. The molecule has 11 aromatic rings. The highest BCUT2D eigenvalue weighted by Crippen LogP contribution is 2.36. The van der Waals surface area contributed by atoms with Crippen LogP contribution in [0.3, 0.4) is 0 Å². The molecule has 0 aliphatic rings. The number of aromatic amines is 2.